The molecule has 0 aliphatic heterocycles. The van der Waals surface area contributed by atoms with E-state index in [9.17, 15) is 24.6 Å². The summed E-state index contributed by atoms with van der Waals surface area (Å²) in [6.07, 6.45) is 1.03. The Morgan fingerprint density at radius 1 is 0.833 bits per heavy atom. The zero-order valence-electron chi connectivity index (χ0n) is 24.4. The maximum atomic E-state index is 13.5. The highest BCUT2D eigenvalue weighted by atomic mass is 16.5. The third-order valence-corrected chi connectivity index (χ3v) is 6.97. The van der Waals surface area contributed by atoms with E-state index < -0.39 is 47.7 Å². The largest absolute Gasteiger partial charge is 0.465 e. The molecule has 1 heterocycles. The molecule has 42 heavy (non-hydrogen) atoms. The van der Waals surface area contributed by atoms with Crippen LogP contribution >= 0.6 is 0 Å². The van der Waals surface area contributed by atoms with E-state index in [1.807, 2.05) is 87.5 Å². The van der Waals surface area contributed by atoms with Gasteiger partial charge in [-0.05, 0) is 59.1 Å². The van der Waals surface area contributed by atoms with Gasteiger partial charge in [0.15, 0.2) is 0 Å². The number of amides is 3. The third kappa shape index (κ3) is 9.88. The lowest BCUT2D eigenvalue weighted by Gasteiger charge is -2.33. The summed E-state index contributed by atoms with van der Waals surface area (Å²) in [6.45, 7) is 5.46. The predicted molar refractivity (Wildman–Crippen MR) is 160 cm³/mol. The molecule has 0 fully saturated rings. The first-order valence-electron chi connectivity index (χ1n) is 13.8. The number of carbonyl (C=O) groups excluding carboxylic acids is 2. The van der Waals surface area contributed by atoms with Gasteiger partial charge < -0.3 is 30.9 Å². The van der Waals surface area contributed by atoms with Gasteiger partial charge >= 0.3 is 12.2 Å². The SMILES string of the molecule is COC(=O)N[C@H](C(=O)N[C@@H](Cc1ccc(-c2ccncc2)cc1)C[C@H](O)[C@H](Cc1ccccc1)NC(=O)O)C(C)(C)C. The Bertz CT molecular complexity index is 1300. The number of aliphatic hydroxyl groups excluding tert-OH is 1. The molecule has 0 saturated carbocycles. The summed E-state index contributed by atoms with van der Waals surface area (Å²) in [5.41, 5.74) is 3.14. The lowest BCUT2D eigenvalue weighted by Crippen LogP contribution is -2.56. The van der Waals surface area contributed by atoms with Crippen LogP contribution in [0.1, 0.15) is 38.3 Å². The van der Waals surface area contributed by atoms with Crippen LogP contribution in [0.25, 0.3) is 11.1 Å². The van der Waals surface area contributed by atoms with E-state index >= 15 is 0 Å². The Balaban J connectivity index is 1.85. The molecule has 0 unspecified atom stereocenters. The van der Waals surface area contributed by atoms with Gasteiger partial charge in [0.2, 0.25) is 5.91 Å². The fourth-order valence-corrected chi connectivity index (χ4v) is 4.76. The van der Waals surface area contributed by atoms with Crippen LogP contribution in [-0.4, -0.2) is 64.6 Å². The number of nitrogens with one attached hydrogen (secondary N) is 3. The zero-order chi connectivity index (χ0) is 30.7. The monoisotopic (exact) mass is 576 g/mol. The summed E-state index contributed by atoms with van der Waals surface area (Å²) in [7, 11) is 1.23. The first-order chi connectivity index (χ1) is 20.0. The van der Waals surface area contributed by atoms with Crippen molar-refractivity contribution in [1.29, 1.82) is 0 Å². The number of pyridine rings is 1. The van der Waals surface area contributed by atoms with Gasteiger partial charge in [-0.25, -0.2) is 9.59 Å². The number of hydrogen-bond donors (Lipinski definition) is 5. The summed E-state index contributed by atoms with van der Waals surface area (Å²) >= 11 is 0. The number of hydrogen-bond acceptors (Lipinski definition) is 6. The molecule has 2 aromatic carbocycles. The Hall–Kier alpha value is -4.44. The minimum absolute atomic E-state index is 0.0602. The normalized spacial score (nSPS) is 14.1. The fraction of sp³-hybridized carbons (Fsp3) is 0.375. The lowest BCUT2D eigenvalue weighted by atomic mass is 9.85. The molecule has 3 aromatic rings. The Labute approximate surface area is 246 Å². The van der Waals surface area contributed by atoms with Crippen LogP contribution in [0, 0.1) is 5.41 Å². The van der Waals surface area contributed by atoms with E-state index in [4.69, 9.17) is 4.74 Å². The number of aromatic nitrogens is 1. The number of methoxy groups -OCH3 is 1. The molecule has 10 nitrogen and oxygen atoms in total. The van der Waals surface area contributed by atoms with Crippen molar-refractivity contribution < 1.29 is 29.3 Å². The molecule has 0 aliphatic carbocycles. The average Bonchev–Trinajstić information content (AvgIpc) is 2.95. The molecule has 224 valence electrons. The smallest absolute Gasteiger partial charge is 0.407 e. The summed E-state index contributed by atoms with van der Waals surface area (Å²) in [5.74, 6) is -0.440. The van der Waals surface area contributed by atoms with Crippen molar-refractivity contribution in [1.82, 2.24) is 20.9 Å². The number of rotatable bonds is 12. The van der Waals surface area contributed by atoms with Crippen LogP contribution in [-0.2, 0) is 22.4 Å². The number of carboxylic acid groups (broad SMARTS) is 1. The average molecular weight is 577 g/mol. The standard InChI is InChI=1S/C32H40N4O6/c1-32(2,3)28(36-31(41)42-4)29(38)34-25(18-22-10-12-23(13-11-22)24-14-16-33-17-15-24)20-27(37)26(35-30(39)40)19-21-8-6-5-7-9-21/h5-17,25-28,35,37H,18-20H2,1-4H3,(H,34,38)(H,36,41)(H,39,40)/t25-,26-,27-,28+/m0/s1. The van der Waals surface area contributed by atoms with Crippen LogP contribution in [0.5, 0.6) is 0 Å². The van der Waals surface area contributed by atoms with Crippen molar-refractivity contribution in [3.05, 3.63) is 90.3 Å². The van der Waals surface area contributed by atoms with Crippen molar-refractivity contribution in [2.45, 2.75) is 64.3 Å². The van der Waals surface area contributed by atoms with Gasteiger partial charge in [-0.2, -0.15) is 0 Å². The minimum Gasteiger partial charge on any atom is -0.465 e. The molecule has 0 radical (unpaired) electrons. The summed E-state index contributed by atoms with van der Waals surface area (Å²) in [5, 5.41) is 28.8. The van der Waals surface area contributed by atoms with Crippen LogP contribution < -0.4 is 16.0 Å². The summed E-state index contributed by atoms with van der Waals surface area (Å²) in [6, 6.07) is 18.6. The van der Waals surface area contributed by atoms with E-state index in [2.05, 4.69) is 20.9 Å². The Morgan fingerprint density at radius 3 is 2.00 bits per heavy atom. The lowest BCUT2D eigenvalue weighted by molar-refractivity contribution is -0.126. The summed E-state index contributed by atoms with van der Waals surface area (Å²) in [4.78, 5) is 41.2. The van der Waals surface area contributed by atoms with Crippen LogP contribution in [0.4, 0.5) is 9.59 Å². The van der Waals surface area contributed by atoms with E-state index in [-0.39, 0.29) is 12.8 Å². The Morgan fingerprint density at radius 2 is 1.43 bits per heavy atom. The van der Waals surface area contributed by atoms with E-state index in [0.717, 1.165) is 22.3 Å². The maximum Gasteiger partial charge on any atom is 0.407 e. The molecular weight excluding hydrogens is 536 g/mol. The minimum atomic E-state index is -1.25. The molecule has 0 aliphatic rings. The molecule has 4 atom stereocenters. The quantitative estimate of drug-likeness (QED) is 0.217. The van der Waals surface area contributed by atoms with Gasteiger partial charge in [-0.1, -0.05) is 75.4 Å². The number of benzene rings is 2. The number of ether oxygens (including phenoxy) is 1. The van der Waals surface area contributed by atoms with Crippen molar-refractivity contribution in [2.75, 3.05) is 7.11 Å². The van der Waals surface area contributed by atoms with Gasteiger partial charge in [0.05, 0.1) is 19.3 Å². The molecule has 0 bridgehead atoms. The van der Waals surface area contributed by atoms with Crippen LogP contribution in [0.15, 0.2) is 79.1 Å². The number of alkyl carbamates (subject to hydrolysis) is 1. The molecule has 1 aromatic heterocycles. The van der Waals surface area contributed by atoms with Crippen LogP contribution in [0.2, 0.25) is 0 Å². The molecule has 3 amide bonds. The Kier molecular flexibility index (Phi) is 11.4. The van der Waals surface area contributed by atoms with Crippen LogP contribution in [0.3, 0.4) is 0 Å². The predicted octanol–water partition coefficient (Wildman–Crippen LogP) is 4.18. The molecule has 0 saturated heterocycles. The molecule has 5 N–H and O–H groups in total. The van der Waals surface area contributed by atoms with E-state index in [0.29, 0.717) is 6.42 Å². The number of aliphatic hydroxyl groups is 1. The van der Waals surface area contributed by atoms with Gasteiger partial charge in [0.25, 0.3) is 0 Å². The van der Waals surface area contributed by atoms with Crippen molar-refractivity contribution in [3.8, 4) is 11.1 Å². The highest BCUT2D eigenvalue weighted by Crippen LogP contribution is 2.22. The zero-order valence-corrected chi connectivity index (χ0v) is 24.4. The molecular formula is C32H40N4O6. The molecule has 3 rings (SSSR count). The van der Waals surface area contributed by atoms with Gasteiger partial charge in [0, 0.05) is 18.4 Å². The summed E-state index contributed by atoms with van der Waals surface area (Å²) < 4.78 is 4.73. The van der Waals surface area contributed by atoms with Gasteiger partial charge in [0.1, 0.15) is 6.04 Å². The van der Waals surface area contributed by atoms with E-state index in [1.54, 1.807) is 12.4 Å². The topological polar surface area (TPSA) is 150 Å². The fourth-order valence-electron chi connectivity index (χ4n) is 4.76. The number of carbonyl (C=O) groups is 3. The van der Waals surface area contributed by atoms with Crippen molar-refractivity contribution in [3.63, 3.8) is 0 Å². The van der Waals surface area contributed by atoms with Gasteiger partial charge in [-0.3, -0.25) is 9.78 Å². The molecule has 10 heteroatoms. The van der Waals surface area contributed by atoms with E-state index in [1.165, 1.54) is 7.11 Å². The first-order valence-corrected chi connectivity index (χ1v) is 13.8. The second-order valence-corrected chi connectivity index (χ2v) is 11.3. The van der Waals surface area contributed by atoms with Crippen molar-refractivity contribution in [2.24, 2.45) is 5.41 Å². The highest BCUT2D eigenvalue weighted by molar-refractivity contribution is 5.86. The third-order valence-electron chi connectivity index (χ3n) is 6.97. The number of nitrogens with zero attached hydrogens (tertiary/aromatic N) is 1. The second-order valence-electron chi connectivity index (χ2n) is 11.3. The second kappa shape index (κ2) is 15.0. The van der Waals surface area contributed by atoms with Gasteiger partial charge in [-0.15, -0.1) is 0 Å². The molecule has 0 spiro atoms. The highest BCUT2D eigenvalue weighted by Gasteiger charge is 2.35. The maximum absolute atomic E-state index is 13.5. The van der Waals surface area contributed by atoms with Crippen molar-refractivity contribution >= 4 is 18.1 Å². The first kappa shape index (κ1) is 32.1.